The van der Waals surface area contributed by atoms with Crippen LogP contribution in [0.4, 0.5) is 0 Å². The maximum Gasteiger partial charge on any atom is 0.140 e. The summed E-state index contributed by atoms with van der Waals surface area (Å²) in [7, 11) is 1.89. The van der Waals surface area contributed by atoms with Gasteiger partial charge in [0.2, 0.25) is 0 Å². The number of rotatable bonds is 7. The van der Waals surface area contributed by atoms with Gasteiger partial charge in [0.15, 0.2) is 0 Å². The number of aromatic nitrogens is 3. The van der Waals surface area contributed by atoms with Crippen LogP contribution in [0.15, 0.2) is 36.7 Å². The van der Waals surface area contributed by atoms with E-state index >= 15 is 0 Å². The lowest BCUT2D eigenvalue weighted by Crippen LogP contribution is -2.19. The highest BCUT2D eigenvalue weighted by Crippen LogP contribution is 2.07. The minimum atomic E-state index is 0.718. The van der Waals surface area contributed by atoms with E-state index in [0.717, 1.165) is 37.7 Å². The molecule has 0 saturated carbocycles. The molecule has 1 aromatic carbocycles. The molecule has 96 valence electrons. The van der Waals surface area contributed by atoms with Gasteiger partial charge in [0.1, 0.15) is 17.9 Å². The average Bonchev–Trinajstić information content (AvgIpc) is 2.81. The fourth-order valence-corrected chi connectivity index (χ4v) is 1.58. The quantitative estimate of drug-likeness (QED) is 0.750. The second-order valence-electron chi connectivity index (χ2n) is 3.99. The zero-order valence-electron chi connectivity index (χ0n) is 10.5. The zero-order valence-corrected chi connectivity index (χ0v) is 10.5. The number of nitrogens with one attached hydrogen (secondary N) is 1. The van der Waals surface area contributed by atoms with E-state index in [1.54, 1.807) is 11.0 Å². The largest absolute Gasteiger partial charge is 0.494 e. The molecule has 18 heavy (non-hydrogen) atoms. The lowest BCUT2D eigenvalue weighted by molar-refractivity contribution is 0.307. The molecule has 0 saturated heterocycles. The van der Waals surface area contributed by atoms with Crippen molar-refractivity contribution in [3.05, 3.63) is 42.5 Å². The summed E-state index contributed by atoms with van der Waals surface area (Å²) >= 11 is 0. The number of aryl methyl sites for hydroxylation is 1. The number of ether oxygens (including phenoxy) is 1. The Kier molecular flexibility index (Phi) is 4.72. The van der Waals surface area contributed by atoms with Crippen molar-refractivity contribution in [1.29, 1.82) is 0 Å². The molecule has 0 bridgehead atoms. The van der Waals surface area contributed by atoms with Crippen LogP contribution in [0.5, 0.6) is 5.75 Å². The molecule has 2 aromatic rings. The summed E-state index contributed by atoms with van der Waals surface area (Å²) in [5.41, 5.74) is 0. The van der Waals surface area contributed by atoms with Gasteiger partial charge in [-0.1, -0.05) is 18.2 Å². The summed E-state index contributed by atoms with van der Waals surface area (Å²) in [6, 6.07) is 9.86. The van der Waals surface area contributed by atoms with Gasteiger partial charge in [0.05, 0.1) is 13.2 Å². The fourth-order valence-electron chi connectivity index (χ4n) is 1.58. The Balaban J connectivity index is 1.56. The van der Waals surface area contributed by atoms with Crippen LogP contribution in [-0.4, -0.2) is 27.9 Å². The van der Waals surface area contributed by atoms with E-state index in [-0.39, 0.29) is 0 Å². The Morgan fingerprint density at radius 1 is 1.28 bits per heavy atom. The molecular weight excluding hydrogens is 228 g/mol. The molecule has 0 unspecified atom stereocenters. The molecule has 0 aliphatic heterocycles. The van der Waals surface area contributed by atoms with Crippen molar-refractivity contribution in [2.24, 2.45) is 7.05 Å². The van der Waals surface area contributed by atoms with Crippen molar-refractivity contribution < 1.29 is 4.74 Å². The summed E-state index contributed by atoms with van der Waals surface area (Å²) in [6.07, 6.45) is 2.53. The van der Waals surface area contributed by atoms with E-state index in [1.807, 2.05) is 37.4 Å². The summed E-state index contributed by atoms with van der Waals surface area (Å²) in [5, 5.41) is 7.32. The summed E-state index contributed by atoms with van der Waals surface area (Å²) < 4.78 is 7.37. The Hall–Kier alpha value is -1.88. The average molecular weight is 246 g/mol. The standard InChI is InChI=1S/C13H18N4O/c1-17-13(15-11-16-17)10-14-8-5-9-18-12-6-3-2-4-7-12/h2-4,6-7,11,14H,5,8-10H2,1H3. The first-order valence-electron chi connectivity index (χ1n) is 6.07. The molecule has 0 fully saturated rings. The van der Waals surface area contributed by atoms with Gasteiger partial charge in [-0.2, -0.15) is 5.10 Å². The molecule has 0 radical (unpaired) electrons. The number of para-hydroxylation sites is 1. The van der Waals surface area contributed by atoms with Crippen molar-refractivity contribution >= 4 is 0 Å². The number of nitrogens with zero attached hydrogens (tertiary/aromatic N) is 3. The van der Waals surface area contributed by atoms with Crippen molar-refractivity contribution in [2.75, 3.05) is 13.2 Å². The summed E-state index contributed by atoms with van der Waals surface area (Å²) in [4.78, 5) is 4.14. The maximum absolute atomic E-state index is 5.59. The summed E-state index contributed by atoms with van der Waals surface area (Å²) in [6.45, 7) is 2.36. The van der Waals surface area contributed by atoms with Gasteiger partial charge < -0.3 is 10.1 Å². The van der Waals surface area contributed by atoms with Gasteiger partial charge >= 0.3 is 0 Å². The molecule has 5 heteroatoms. The zero-order chi connectivity index (χ0) is 12.6. The van der Waals surface area contributed by atoms with Crippen LogP contribution in [0.3, 0.4) is 0 Å². The van der Waals surface area contributed by atoms with Gasteiger partial charge in [-0.25, -0.2) is 4.98 Å². The molecule has 2 rings (SSSR count). The van der Waals surface area contributed by atoms with Crippen LogP contribution in [0.1, 0.15) is 12.2 Å². The maximum atomic E-state index is 5.59. The Labute approximate surface area is 107 Å². The lowest BCUT2D eigenvalue weighted by atomic mass is 10.3. The predicted molar refractivity (Wildman–Crippen MR) is 69.3 cm³/mol. The normalized spacial score (nSPS) is 10.5. The topological polar surface area (TPSA) is 52.0 Å². The molecule has 1 heterocycles. The second kappa shape index (κ2) is 6.76. The van der Waals surface area contributed by atoms with E-state index in [0.29, 0.717) is 0 Å². The monoisotopic (exact) mass is 246 g/mol. The number of hydrogen-bond donors (Lipinski definition) is 1. The molecule has 0 atom stereocenters. The third kappa shape index (κ3) is 3.85. The third-order valence-electron chi connectivity index (χ3n) is 2.60. The first-order valence-corrected chi connectivity index (χ1v) is 6.07. The molecule has 5 nitrogen and oxygen atoms in total. The molecule has 0 aliphatic carbocycles. The first kappa shape index (κ1) is 12.6. The van der Waals surface area contributed by atoms with Crippen molar-refractivity contribution in [3.8, 4) is 5.75 Å². The molecular formula is C13H18N4O. The SMILES string of the molecule is Cn1ncnc1CNCCCOc1ccccc1. The highest BCUT2D eigenvalue weighted by atomic mass is 16.5. The first-order chi connectivity index (χ1) is 8.86. The highest BCUT2D eigenvalue weighted by molar-refractivity contribution is 5.20. The van der Waals surface area contributed by atoms with Crippen molar-refractivity contribution in [1.82, 2.24) is 20.1 Å². The smallest absolute Gasteiger partial charge is 0.140 e. The van der Waals surface area contributed by atoms with Crippen LogP contribution in [0, 0.1) is 0 Å². The molecule has 1 N–H and O–H groups in total. The van der Waals surface area contributed by atoms with Crippen molar-refractivity contribution in [3.63, 3.8) is 0 Å². The van der Waals surface area contributed by atoms with Gasteiger partial charge in [-0.3, -0.25) is 4.68 Å². The number of hydrogen-bond acceptors (Lipinski definition) is 4. The molecule has 0 spiro atoms. The highest BCUT2D eigenvalue weighted by Gasteiger charge is 1.98. The third-order valence-corrected chi connectivity index (χ3v) is 2.60. The Morgan fingerprint density at radius 3 is 2.83 bits per heavy atom. The minimum absolute atomic E-state index is 0.718. The fraction of sp³-hybridized carbons (Fsp3) is 0.385. The lowest BCUT2D eigenvalue weighted by Gasteiger charge is -2.06. The molecule has 0 aliphatic rings. The second-order valence-corrected chi connectivity index (χ2v) is 3.99. The van der Waals surface area contributed by atoms with Crippen LogP contribution in [0.25, 0.3) is 0 Å². The van der Waals surface area contributed by atoms with E-state index in [9.17, 15) is 0 Å². The van der Waals surface area contributed by atoms with Crippen LogP contribution in [0.2, 0.25) is 0 Å². The van der Waals surface area contributed by atoms with Crippen LogP contribution in [-0.2, 0) is 13.6 Å². The molecule has 0 amide bonds. The van der Waals surface area contributed by atoms with Gasteiger partial charge in [-0.15, -0.1) is 0 Å². The van der Waals surface area contributed by atoms with E-state index in [2.05, 4.69) is 15.4 Å². The predicted octanol–water partition coefficient (Wildman–Crippen LogP) is 1.37. The number of benzene rings is 1. The van der Waals surface area contributed by atoms with E-state index in [1.165, 1.54) is 0 Å². The minimum Gasteiger partial charge on any atom is -0.494 e. The van der Waals surface area contributed by atoms with E-state index < -0.39 is 0 Å². The van der Waals surface area contributed by atoms with Gasteiger partial charge in [0.25, 0.3) is 0 Å². The van der Waals surface area contributed by atoms with Crippen LogP contribution >= 0.6 is 0 Å². The Bertz CT molecular complexity index is 455. The van der Waals surface area contributed by atoms with Gasteiger partial charge in [0, 0.05) is 7.05 Å². The van der Waals surface area contributed by atoms with Crippen molar-refractivity contribution in [2.45, 2.75) is 13.0 Å². The Morgan fingerprint density at radius 2 is 2.11 bits per heavy atom. The van der Waals surface area contributed by atoms with Gasteiger partial charge in [-0.05, 0) is 25.1 Å². The molecule has 1 aromatic heterocycles. The van der Waals surface area contributed by atoms with E-state index in [4.69, 9.17) is 4.74 Å². The van der Waals surface area contributed by atoms with Crippen LogP contribution < -0.4 is 10.1 Å². The summed E-state index contributed by atoms with van der Waals surface area (Å²) in [5.74, 6) is 1.87.